The van der Waals surface area contributed by atoms with E-state index in [0.29, 0.717) is 24.5 Å². The molecule has 0 bridgehead atoms. The molecule has 0 aliphatic carbocycles. The fourth-order valence-electron chi connectivity index (χ4n) is 2.03. The zero-order valence-corrected chi connectivity index (χ0v) is 12.7. The first-order valence-electron chi connectivity index (χ1n) is 6.06. The number of nitrogens with one attached hydrogen (secondary N) is 1. The smallest absolute Gasteiger partial charge is 0.227 e. The van der Waals surface area contributed by atoms with Crippen LogP contribution in [-0.4, -0.2) is 24.1 Å². The second-order valence-electron chi connectivity index (χ2n) is 4.43. The summed E-state index contributed by atoms with van der Waals surface area (Å²) in [4.78, 5) is 12.5. The van der Waals surface area contributed by atoms with Gasteiger partial charge in [0, 0.05) is 29.2 Å². The van der Waals surface area contributed by atoms with Crippen molar-refractivity contribution in [3.05, 3.63) is 28.2 Å². The Balaban J connectivity index is 2.15. The number of hydrogen-bond acceptors (Lipinski definition) is 3. The molecule has 102 valence electrons. The number of carbonyl (C=O) groups excluding carboxylic acids is 1. The Morgan fingerprint density at radius 2 is 2.11 bits per heavy atom. The lowest BCUT2D eigenvalue weighted by Gasteiger charge is -2.22. The number of anilines is 1. The van der Waals surface area contributed by atoms with E-state index in [0.717, 1.165) is 17.3 Å². The summed E-state index contributed by atoms with van der Waals surface area (Å²) in [6.45, 7) is 1.28. The molecule has 2 rings (SSSR count). The first kappa shape index (κ1) is 14.4. The lowest BCUT2D eigenvalue weighted by Crippen LogP contribution is -2.29. The maximum Gasteiger partial charge on any atom is 0.227 e. The van der Waals surface area contributed by atoms with Gasteiger partial charge in [-0.1, -0.05) is 28.1 Å². The first-order valence-corrected chi connectivity index (χ1v) is 7.26. The molecule has 1 heterocycles. The number of halogens is 1. The van der Waals surface area contributed by atoms with Crippen LogP contribution in [0, 0.1) is 5.92 Å². The molecule has 0 radical (unpaired) electrons. The van der Waals surface area contributed by atoms with Crippen LogP contribution in [0.1, 0.15) is 18.4 Å². The summed E-state index contributed by atoms with van der Waals surface area (Å²) in [5.74, 6) is -0.00849. The Kier molecular flexibility index (Phi) is 4.90. The molecule has 1 aliphatic rings. The van der Waals surface area contributed by atoms with Gasteiger partial charge in [0.05, 0.1) is 5.69 Å². The number of rotatable bonds is 3. The van der Waals surface area contributed by atoms with Gasteiger partial charge in [-0.05, 0) is 31.0 Å². The van der Waals surface area contributed by atoms with Gasteiger partial charge >= 0.3 is 0 Å². The van der Waals surface area contributed by atoms with Gasteiger partial charge in [0.2, 0.25) is 5.91 Å². The molecule has 6 heteroatoms. The largest absolute Gasteiger partial charge is 0.389 e. The summed E-state index contributed by atoms with van der Waals surface area (Å²) >= 11 is 8.37. The average molecular weight is 343 g/mol. The third-order valence-electron chi connectivity index (χ3n) is 3.10. The second kappa shape index (κ2) is 6.45. The van der Waals surface area contributed by atoms with Crippen LogP contribution in [0.15, 0.2) is 22.7 Å². The molecule has 0 atom stereocenters. The highest BCUT2D eigenvalue weighted by Crippen LogP contribution is 2.24. The number of carbonyl (C=O) groups is 1. The highest BCUT2D eigenvalue weighted by atomic mass is 79.9. The van der Waals surface area contributed by atoms with E-state index in [-0.39, 0.29) is 16.8 Å². The minimum Gasteiger partial charge on any atom is -0.389 e. The van der Waals surface area contributed by atoms with E-state index in [9.17, 15) is 4.79 Å². The lowest BCUT2D eigenvalue weighted by molar-refractivity contribution is -0.122. The molecule has 0 spiro atoms. The molecule has 4 nitrogen and oxygen atoms in total. The van der Waals surface area contributed by atoms with E-state index >= 15 is 0 Å². The second-order valence-corrected chi connectivity index (χ2v) is 5.79. The van der Waals surface area contributed by atoms with Gasteiger partial charge < -0.3 is 15.8 Å². The van der Waals surface area contributed by atoms with Gasteiger partial charge in [-0.15, -0.1) is 0 Å². The molecule has 19 heavy (non-hydrogen) atoms. The predicted molar refractivity (Wildman–Crippen MR) is 82.2 cm³/mol. The number of hydrogen-bond donors (Lipinski definition) is 2. The van der Waals surface area contributed by atoms with Crippen LogP contribution in [0.2, 0.25) is 0 Å². The van der Waals surface area contributed by atoms with Crippen molar-refractivity contribution >= 4 is 44.7 Å². The molecule has 1 aliphatic heterocycles. The normalized spacial score (nSPS) is 16.1. The van der Waals surface area contributed by atoms with Crippen LogP contribution in [-0.2, 0) is 9.53 Å². The average Bonchev–Trinajstić information content (AvgIpc) is 2.39. The van der Waals surface area contributed by atoms with Crippen molar-refractivity contribution in [2.75, 3.05) is 18.5 Å². The predicted octanol–water partition coefficient (Wildman–Crippen LogP) is 2.45. The highest BCUT2D eigenvalue weighted by molar-refractivity contribution is 9.10. The summed E-state index contributed by atoms with van der Waals surface area (Å²) in [6.07, 6.45) is 1.50. The van der Waals surface area contributed by atoms with Crippen molar-refractivity contribution in [1.82, 2.24) is 0 Å². The molecule has 1 saturated heterocycles. The zero-order chi connectivity index (χ0) is 13.8. The minimum atomic E-state index is -0.00747. The van der Waals surface area contributed by atoms with Gasteiger partial charge in [-0.25, -0.2) is 0 Å². The van der Waals surface area contributed by atoms with Gasteiger partial charge in [-0.3, -0.25) is 4.79 Å². The third-order valence-corrected chi connectivity index (χ3v) is 3.81. The molecule has 0 aromatic heterocycles. The third kappa shape index (κ3) is 3.75. The molecule has 3 N–H and O–H groups in total. The van der Waals surface area contributed by atoms with Crippen molar-refractivity contribution in [3.63, 3.8) is 0 Å². The fraction of sp³-hybridized carbons (Fsp3) is 0.385. The first-order chi connectivity index (χ1) is 9.08. The summed E-state index contributed by atoms with van der Waals surface area (Å²) in [5, 5.41) is 2.91. The number of benzene rings is 1. The Labute approximate surface area is 125 Å². The summed E-state index contributed by atoms with van der Waals surface area (Å²) < 4.78 is 6.12. The van der Waals surface area contributed by atoms with Crippen molar-refractivity contribution in [2.45, 2.75) is 12.8 Å². The summed E-state index contributed by atoms with van der Waals surface area (Å²) in [6, 6.07) is 5.45. The summed E-state index contributed by atoms with van der Waals surface area (Å²) in [7, 11) is 0. The van der Waals surface area contributed by atoms with Crippen LogP contribution in [0.3, 0.4) is 0 Å². The van der Waals surface area contributed by atoms with E-state index in [1.54, 1.807) is 6.07 Å². The van der Waals surface area contributed by atoms with Gasteiger partial charge in [0.15, 0.2) is 0 Å². The Morgan fingerprint density at radius 1 is 1.42 bits per heavy atom. The molecule has 1 aromatic carbocycles. The fourth-order valence-corrected chi connectivity index (χ4v) is 2.57. The van der Waals surface area contributed by atoms with Crippen LogP contribution in [0.5, 0.6) is 0 Å². The number of amides is 1. The Morgan fingerprint density at radius 3 is 2.74 bits per heavy atom. The minimum absolute atomic E-state index is 0.00102. The quantitative estimate of drug-likeness (QED) is 0.828. The molecule has 0 saturated carbocycles. The molecule has 1 aromatic rings. The van der Waals surface area contributed by atoms with Crippen molar-refractivity contribution in [2.24, 2.45) is 11.7 Å². The number of nitrogens with two attached hydrogens (primary N) is 1. The van der Waals surface area contributed by atoms with Crippen LogP contribution >= 0.6 is 28.1 Å². The number of ether oxygens (including phenoxy) is 1. The zero-order valence-electron chi connectivity index (χ0n) is 10.3. The van der Waals surface area contributed by atoms with Gasteiger partial charge in [0.1, 0.15) is 4.99 Å². The van der Waals surface area contributed by atoms with Gasteiger partial charge in [0.25, 0.3) is 0 Å². The maximum atomic E-state index is 12.2. The van der Waals surface area contributed by atoms with Crippen LogP contribution in [0.25, 0.3) is 0 Å². The van der Waals surface area contributed by atoms with Crippen molar-refractivity contribution in [3.8, 4) is 0 Å². The van der Waals surface area contributed by atoms with E-state index in [2.05, 4.69) is 21.2 Å². The topological polar surface area (TPSA) is 64.3 Å². The van der Waals surface area contributed by atoms with E-state index in [1.807, 2.05) is 12.1 Å². The Bertz CT molecular complexity index is 501. The van der Waals surface area contributed by atoms with Crippen molar-refractivity contribution in [1.29, 1.82) is 0 Å². The Hall–Kier alpha value is -0.980. The van der Waals surface area contributed by atoms with E-state index in [4.69, 9.17) is 22.7 Å². The highest BCUT2D eigenvalue weighted by Gasteiger charge is 2.22. The van der Waals surface area contributed by atoms with E-state index in [1.165, 1.54) is 0 Å². The molecule has 1 fully saturated rings. The SMILES string of the molecule is NC(=S)c1ccc(Br)cc1NC(=O)C1CCOCC1. The monoisotopic (exact) mass is 342 g/mol. The van der Waals surface area contributed by atoms with Crippen LogP contribution in [0.4, 0.5) is 5.69 Å². The van der Waals surface area contributed by atoms with Crippen LogP contribution < -0.4 is 11.1 Å². The standard InChI is InChI=1S/C13H15BrN2O2S/c14-9-1-2-10(12(15)19)11(7-9)16-13(17)8-3-5-18-6-4-8/h1-2,7-8H,3-6H2,(H2,15,19)(H,16,17). The molecule has 1 amide bonds. The molecule has 0 unspecified atom stereocenters. The van der Waals surface area contributed by atoms with Crippen molar-refractivity contribution < 1.29 is 9.53 Å². The molecular weight excluding hydrogens is 328 g/mol. The van der Waals surface area contributed by atoms with Gasteiger partial charge in [-0.2, -0.15) is 0 Å². The molecular formula is C13H15BrN2O2S. The lowest BCUT2D eigenvalue weighted by atomic mass is 9.99. The maximum absolute atomic E-state index is 12.2. The number of thiocarbonyl (C=S) groups is 1. The summed E-state index contributed by atoms with van der Waals surface area (Å²) in [5.41, 5.74) is 6.99. The van der Waals surface area contributed by atoms with E-state index < -0.39 is 0 Å².